The van der Waals surface area contributed by atoms with E-state index in [0.29, 0.717) is 44.5 Å². The van der Waals surface area contributed by atoms with Crippen LogP contribution in [0.3, 0.4) is 0 Å². The van der Waals surface area contributed by atoms with Gasteiger partial charge in [0, 0.05) is 50.6 Å². The summed E-state index contributed by atoms with van der Waals surface area (Å²) in [6, 6.07) is 4.35. The van der Waals surface area contributed by atoms with E-state index >= 15 is 0 Å². The van der Waals surface area contributed by atoms with Crippen molar-refractivity contribution in [2.24, 2.45) is 5.92 Å². The molecule has 1 aliphatic heterocycles. The van der Waals surface area contributed by atoms with Crippen molar-refractivity contribution in [1.82, 2.24) is 20.3 Å². The molecule has 1 atom stereocenters. The van der Waals surface area contributed by atoms with Gasteiger partial charge in [0.05, 0.1) is 26.2 Å². The molecular formula is C33H51N5O5. The molecule has 0 saturated heterocycles. The van der Waals surface area contributed by atoms with E-state index < -0.39 is 5.97 Å². The first-order valence-corrected chi connectivity index (χ1v) is 16.1. The summed E-state index contributed by atoms with van der Waals surface area (Å²) < 4.78 is 11.0. The fraction of sp³-hybridized carbons (Fsp3) is 0.667. The molecule has 2 aromatic heterocycles. The number of aryl methyl sites for hydroxylation is 3. The molecule has 3 heterocycles. The number of hydrogen-bond donors (Lipinski definition) is 3. The fourth-order valence-electron chi connectivity index (χ4n) is 5.08. The van der Waals surface area contributed by atoms with Gasteiger partial charge in [-0.3, -0.25) is 9.59 Å². The molecule has 3 rings (SSSR count). The number of ether oxygens (including phenoxy) is 2. The number of nitrogens with one attached hydrogen (secondary N) is 2. The van der Waals surface area contributed by atoms with Crippen LogP contribution in [-0.2, 0) is 38.3 Å². The first-order valence-electron chi connectivity index (χ1n) is 16.1. The smallest absolute Gasteiger partial charge is 0.303 e. The third-order valence-corrected chi connectivity index (χ3v) is 7.66. The number of unbranched alkanes of at least 4 members (excludes halogenated alkanes) is 3. The topological polar surface area (TPSA) is 136 Å². The molecule has 0 aromatic carbocycles. The summed E-state index contributed by atoms with van der Waals surface area (Å²) in [5.41, 5.74) is 3.29. The van der Waals surface area contributed by atoms with Gasteiger partial charge in [0.1, 0.15) is 11.6 Å². The molecule has 10 nitrogen and oxygen atoms in total. The van der Waals surface area contributed by atoms with E-state index in [0.717, 1.165) is 81.6 Å². The maximum atomic E-state index is 12.2. The van der Waals surface area contributed by atoms with Crippen molar-refractivity contribution >= 4 is 17.7 Å². The van der Waals surface area contributed by atoms with E-state index in [1.165, 1.54) is 12.0 Å². The standard InChI is InChI=1S/C33H51N5O5/c1-25(2)15-18-42-20-21-43-19-17-34-31(39)14-13-30-36-23-28(24-37-30)27(22-32(40)41)8-5-3-4-6-10-29-12-11-26-9-7-16-35-33(26)38-29/h11-12,23-25,27H,3-10,13-22H2,1-2H3,(H,34,39)(H,35,38)(H,40,41)/t27-/m0/s1. The van der Waals surface area contributed by atoms with Crippen LogP contribution in [0.2, 0.25) is 0 Å². The summed E-state index contributed by atoms with van der Waals surface area (Å²) in [4.78, 5) is 37.3. The Labute approximate surface area is 256 Å². The number of pyridine rings is 1. The van der Waals surface area contributed by atoms with Crippen molar-refractivity contribution < 1.29 is 24.2 Å². The van der Waals surface area contributed by atoms with Crippen LogP contribution in [0.15, 0.2) is 24.5 Å². The van der Waals surface area contributed by atoms with Crippen LogP contribution in [0.1, 0.15) is 100 Å². The molecule has 43 heavy (non-hydrogen) atoms. The molecule has 0 unspecified atom stereocenters. The SMILES string of the molecule is CC(C)CCOCCOCCNC(=O)CCc1ncc([C@@H](CCCCCCc2ccc3c(n2)NCCC3)CC(=O)O)cn1. The first kappa shape index (κ1) is 34.4. The van der Waals surface area contributed by atoms with Crippen LogP contribution in [0.4, 0.5) is 5.82 Å². The predicted octanol–water partition coefficient (Wildman–Crippen LogP) is 5.11. The van der Waals surface area contributed by atoms with Gasteiger partial charge < -0.3 is 25.2 Å². The minimum absolute atomic E-state index is 0.0588. The predicted molar refractivity (Wildman–Crippen MR) is 167 cm³/mol. The van der Waals surface area contributed by atoms with Gasteiger partial charge in [0.2, 0.25) is 5.91 Å². The second-order valence-electron chi connectivity index (χ2n) is 11.8. The molecule has 0 bridgehead atoms. The lowest BCUT2D eigenvalue weighted by Gasteiger charge is -2.17. The van der Waals surface area contributed by atoms with Crippen LogP contribution in [0.25, 0.3) is 0 Å². The van der Waals surface area contributed by atoms with E-state index in [1.807, 2.05) is 0 Å². The summed E-state index contributed by atoms with van der Waals surface area (Å²) in [6.45, 7) is 8.05. The van der Waals surface area contributed by atoms with Crippen molar-refractivity contribution in [3.63, 3.8) is 0 Å². The number of nitrogens with zero attached hydrogens (tertiary/aromatic N) is 3. The number of aromatic nitrogens is 3. The number of aliphatic carboxylic acids is 1. The zero-order valence-electron chi connectivity index (χ0n) is 26.1. The monoisotopic (exact) mass is 597 g/mol. The lowest BCUT2D eigenvalue weighted by Crippen LogP contribution is -2.28. The largest absolute Gasteiger partial charge is 0.481 e. The molecule has 3 N–H and O–H groups in total. The molecule has 0 saturated carbocycles. The number of anilines is 1. The fourth-order valence-corrected chi connectivity index (χ4v) is 5.08. The third kappa shape index (κ3) is 14.3. The molecule has 1 amide bonds. The summed E-state index contributed by atoms with van der Waals surface area (Å²) in [6.07, 6.45) is 13.4. The van der Waals surface area contributed by atoms with Crippen LogP contribution in [0.5, 0.6) is 0 Å². The van der Waals surface area contributed by atoms with Gasteiger partial charge in [-0.05, 0) is 67.6 Å². The highest BCUT2D eigenvalue weighted by Crippen LogP contribution is 2.26. The van der Waals surface area contributed by atoms with E-state index in [1.54, 1.807) is 12.4 Å². The average molecular weight is 598 g/mol. The number of carbonyl (C=O) groups is 2. The van der Waals surface area contributed by atoms with Gasteiger partial charge >= 0.3 is 5.97 Å². The molecule has 10 heteroatoms. The van der Waals surface area contributed by atoms with Crippen molar-refractivity contribution in [3.8, 4) is 0 Å². The normalized spacial score (nSPS) is 13.4. The second kappa shape index (κ2) is 20.0. The maximum absolute atomic E-state index is 12.2. The van der Waals surface area contributed by atoms with Gasteiger partial charge in [-0.2, -0.15) is 0 Å². The molecule has 1 aliphatic rings. The van der Waals surface area contributed by atoms with Gasteiger partial charge in [0.15, 0.2) is 0 Å². The van der Waals surface area contributed by atoms with Gasteiger partial charge in [0.25, 0.3) is 0 Å². The number of amides is 1. The van der Waals surface area contributed by atoms with E-state index in [4.69, 9.17) is 14.5 Å². The van der Waals surface area contributed by atoms with Crippen molar-refractivity contribution in [2.45, 2.75) is 96.8 Å². The minimum atomic E-state index is -0.819. The van der Waals surface area contributed by atoms with Crippen molar-refractivity contribution in [1.29, 1.82) is 0 Å². The Morgan fingerprint density at radius 2 is 1.74 bits per heavy atom. The zero-order valence-corrected chi connectivity index (χ0v) is 26.1. The second-order valence-corrected chi connectivity index (χ2v) is 11.8. The number of rotatable bonds is 22. The average Bonchev–Trinajstić information content (AvgIpc) is 3.00. The molecule has 238 valence electrons. The highest BCUT2D eigenvalue weighted by Gasteiger charge is 2.17. The molecule has 0 aliphatic carbocycles. The van der Waals surface area contributed by atoms with Crippen LogP contribution in [-0.4, -0.2) is 71.5 Å². The number of fused-ring (bicyclic) bond motifs is 1. The number of carboxylic acids is 1. The lowest BCUT2D eigenvalue weighted by molar-refractivity contribution is -0.137. The molecule has 0 fully saturated rings. The Hall–Kier alpha value is -3.11. The molecular weight excluding hydrogens is 546 g/mol. The van der Waals surface area contributed by atoms with E-state index in [-0.39, 0.29) is 24.7 Å². The molecule has 0 radical (unpaired) electrons. The van der Waals surface area contributed by atoms with Crippen molar-refractivity contribution in [3.05, 3.63) is 47.2 Å². The zero-order chi connectivity index (χ0) is 30.7. The summed E-state index contributed by atoms with van der Waals surface area (Å²) >= 11 is 0. The van der Waals surface area contributed by atoms with Gasteiger partial charge in [-0.25, -0.2) is 15.0 Å². The minimum Gasteiger partial charge on any atom is -0.481 e. The Bertz CT molecular complexity index is 1100. The summed E-state index contributed by atoms with van der Waals surface area (Å²) in [5.74, 6) is 1.24. The summed E-state index contributed by atoms with van der Waals surface area (Å²) in [7, 11) is 0. The van der Waals surface area contributed by atoms with E-state index in [9.17, 15) is 14.7 Å². The Morgan fingerprint density at radius 3 is 2.51 bits per heavy atom. The summed E-state index contributed by atoms with van der Waals surface area (Å²) in [5, 5.41) is 15.7. The lowest BCUT2D eigenvalue weighted by atomic mass is 9.92. The van der Waals surface area contributed by atoms with Crippen molar-refractivity contribution in [2.75, 3.05) is 44.8 Å². The van der Waals surface area contributed by atoms with E-state index in [2.05, 4.69) is 46.6 Å². The Morgan fingerprint density at radius 1 is 0.977 bits per heavy atom. The van der Waals surface area contributed by atoms with Crippen LogP contribution >= 0.6 is 0 Å². The quantitative estimate of drug-likeness (QED) is 0.158. The van der Waals surface area contributed by atoms with Crippen LogP contribution in [0, 0.1) is 5.92 Å². The van der Waals surface area contributed by atoms with Crippen LogP contribution < -0.4 is 10.6 Å². The molecule has 0 spiro atoms. The Balaban J connectivity index is 1.28. The Kier molecular flexibility index (Phi) is 16.0. The number of carbonyl (C=O) groups excluding carboxylic acids is 1. The van der Waals surface area contributed by atoms with Gasteiger partial charge in [-0.1, -0.05) is 39.2 Å². The third-order valence-electron chi connectivity index (χ3n) is 7.66. The first-order chi connectivity index (χ1) is 20.9. The number of carboxylic acid groups (broad SMARTS) is 1. The number of hydrogen-bond acceptors (Lipinski definition) is 8. The highest BCUT2D eigenvalue weighted by atomic mass is 16.5. The molecule has 2 aromatic rings. The highest BCUT2D eigenvalue weighted by molar-refractivity contribution is 5.76. The maximum Gasteiger partial charge on any atom is 0.303 e. The van der Waals surface area contributed by atoms with Gasteiger partial charge in [-0.15, -0.1) is 0 Å².